The van der Waals surface area contributed by atoms with E-state index in [1.54, 1.807) is 18.3 Å². The molecule has 0 aliphatic heterocycles. The van der Waals surface area contributed by atoms with E-state index in [4.69, 9.17) is 0 Å². The van der Waals surface area contributed by atoms with Crippen molar-refractivity contribution in [3.8, 4) is 11.3 Å². The van der Waals surface area contributed by atoms with Crippen LogP contribution < -0.4 is 5.32 Å². The van der Waals surface area contributed by atoms with E-state index >= 15 is 0 Å². The van der Waals surface area contributed by atoms with E-state index in [0.29, 0.717) is 6.54 Å². The molecule has 6 heteroatoms. The van der Waals surface area contributed by atoms with Gasteiger partial charge in [-0.05, 0) is 32.9 Å². The second-order valence-electron chi connectivity index (χ2n) is 5.65. The lowest BCUT2D eigenvalue weighted by Gasteiger charge is -2.19. The minimum atomic E-state index is -0.407. The lowest BCUT2D eigenvalue weighted by atomic mass is 10.1. The summed E-state index contributed by atoms with van der Waals surface area (Å²) < 4.78 is 0. The van der Waals surface area contributed by atoms with Crippen LogP contribution in [0.3, 0.4) is 0 Å². The Morgan fingerprint density at radius 3 is 2.50 bits per heavy atom. The third-order valence-corrected chi connectivity index (χ3v) is 2.80. The molecule has 2 rings (SSSR count). The SMILES string of the molecule is CC(C)(C)NCc1ncc(-c2ccc([N+](=O)[O-])cc2)[nH]1. The van der Waals surface area contributed by atoms with Crippen molar-refractivity contribution in [2.45, 2.75) is 32.9 Å². The van der Waals surface area contributed by atoms with E-state index in [1.165, 1.54) is 12.1 Å². The summed E-state index contributed by atoms with van der Waals surface area (Å²) in [5, 5.41) is 14.0. The summed E-state index contributed by atoms with van der Waals surface area (Å²) in [5.74, 6) is 0.841. The molecule has 0 aliphatic rings. The summed E-state index contributed by atoms with van der Waals surface area (Å²) in [5.41, 5.74) is 1.85. The van der Waals surface area contributed by atoms with Crippen LogP contribution in [0.25, 0.3) is 11.3 Å². The predicted octanol–water partition coefficient (Wildman–Crippen LogP) is 2.87. The number of nitrogens with one attached hydrogen (secondary N) is 2. The molecule has 0 spiro atoms. The van der Waals surface area contributed by atoms with Gasteiger partial charge in [0.15, 0.2) is 0 Å². The molecule has 0 amide bonds. The van der Waals surface area contributed by atoms with Crippen LogP contribution in [0.1, 0.15) is 26.6 Å². The second-order valence-corrected chi connectivity index (χ2v) is 5.65. The van der Waals surface area contributed by atoms with Gasteiger partial charge in [-0.25, -0.2) is 4.98 Å². The van der Waals surface area contributed by atoms with Crippen molar-refractivity contribution in [3.63, 3.8) is 0 Å². The van der Waals surface area contributed by atoms with Gasteiger partial charge >= 0.3 is 0 Å². The third-order valence-electron chi connectivity index (χ3n) is 2.80. The molecule has 20 heavy (non-hydrogen) atoms. The van der Waals surface area contributed by atoms with E-state index in [2.05, 4.69) is 36.1 Å². The number of aromatic nitrogens is 2. The Morgan fingerprint density at radius 1 is 1.30 bits per heavy atom. The van der Waals surface area contributed by atoms with E-state index < -0.39 is 4.92 Å². The smallest absolute Gasteiger partial charge is 0.269 e. The van der Waals surface area contributed by atoms with Crippen molar-refractivity contribution in [1.82, 2.24) is 15.3 Å². The number of nitro groups is 1. The topological polar surface area (TPSA) is 83.8 Å². The summed E-state index contributed by atoms with van der Waals surface area (Å²) in [6, 6.07) is 6.41. The summed E-state index contributed by atoms with van der Waals surface area (Å²) >= 11 is 0. The monoisotopic (exact) mass is 274 g/mol. The van der Waals surface area contributed by atoms with Crippen LogP contribution in [0.5, 0.6) is 0 Å². The van der Waals surface area contributed by atoms with Gasteiger partial charge in [0.1, 0.15) is 5.82 Å². The van der Waals surface area contributed by atoms with Crippen LogP contribution in [0, 0.1) is 10.1 Å². The number of nitrogens with zero attached hydrogens (tertiary/aromatic N) is 2. The molecule has 0 fully saturated rings. The van der Waals surface area contributed by atoms with Gasteiger partial charge in [0, 0.05) is 23.2 Å². The molecule has 6 nitrogen and oxygen atoms in total. The van der Waals surface area contributed by atoms with Gasteiger partial charge in [-0.1, -0.05) is 0 Å². The second kappa shape index (κ2) is 5.42. The maximum atomic E-state index is 10.6. The zero-order valence-electron chi connectivity index (χ0n) is 11.8. The highest BCUT2D eigenvalue weighted by Crippen LogP contribution is 2.20. The zero-order valence-corrected chi connectivity index (χ0v) is 11.8. The number of nitro benzene ring substituents is 1. The van der Waals surface area contributed by atoms with Crippen molar-refractivity contribution in [3.05, 3.63) is 46.4 Å². The van der Waals surface area contributed by atoms with Crippen LogP contribution in [0.4, 0.5) is 5.69 Å². The molecule has 1 aromatic heterocycles. The lowest BCUT2D eigenvalue weighted by Crippen LogP contribution is -2.35. The number of hydrogen-bond donors (Lipinski definition) is 2. The van der Waals surface area contributed by atoms with Crippen molar-refractivity contribution in [2.24, 2.45) is 0 Å². The third kappa shape index (κ3) is 3.64. The highest BCUT2D eigenvalue weighted by molar-refractivity contribution is 5.60. The number of hydrogen-bond acceptors (Lipinski definition) is 4. The van der Waals surface area contributed by atoms with Gasteiger partial charge in [-0.3, -0.25) is 10.1 Å². The minimum absolute atomic E-state index is 0.0281. The number of aromatic amines is 1. The molecular weight excluding hydrogens is 256 g/mol. The van der Waals surface area contributed by atoms with E-state index in [9.17, 15) is 10.1 Å². The number of imidazole rings is 1. The maximum absolute atomic E-state index is 10.6. The normalized spacial score (nSPS) is 11.6. The van der Waals surface area contributed by atoms with Crippen LogP contribution in [-0.2, 0) is 6.54 Å². The maximum Gasteiger partial charge on any atom is 0.269 e. The molecule has 2 N–H and O–H groups in total. The standard InChI is InChI=1S/C14H18N4O2/c1-14(2,3)16-9-13-15-8-12(17-13)10-4-6-11(7-5-10)18(19)20/h4-8,16H,9H2,1-3H3,(H,15,17). The average Bonchev–Trinajstić information content (AvgIpc) is 2.84. The molecule has 1 heterocycles. The van der Waals surface area contributed by atoms with Gasteiger partial charge in [-0.15, -0.1) is 0 Å². The Bertz CT molecular complexity index is 596. The summed E-state index contributed by atoms with van der Waals surface area (Å²) in [6.07, 6.45) is 1.74. The van der Waals surface area contributed by atoms with Gasteiger partial charge in [-0.2, -0.15) is 0 Å². The van der Waals surface area contributed by atoms with Crippen molar-refractivity contribution < 1.29 is 4.92 Å². The van der Waals surface area contributed by atoms with E-state index in [0.717, 1.165) is 17.1 Å². The molecule has 0 bridgehead atoms. The Kier molecular flexibility index (Phi) is 3.85. The van der Waals surface area contributed by atoms with Gasteiger partial charge < -0.3 is 10.3 Å². The fourth-order valence-electron chi connectivity index (χ4n) is 1.71. The Morgan fingerprint density at radius 2 is 1.95 bits per heavy atom. The predicted molar refractivity (Wildman–Crippen MR) is 77.3 cm³/mol. The van der Waals surface area contributed by atoms with Crippen LogP contribution in [-0.4, -0.2) is 20.4 Å². The molecule has 2 aromatic rings. The molecule has 0 aliphatic carbocycles. The molecule has 0 saturated heterocycles. The molecule has 0 atom stereocenters. The average molecular weight is 274 g/mol. The highest BCUT2D eigenvalue weighted by atomic mass is 16.6. The number of benzene rings is 1. The quantitative estimate of drug-likeness (QED) is 0.663. The van der Waals surface area contributed by atoms with Crippen LogP contribution in [0.2, 0.25) is 0 Å². The Balaban J connectivity index is 2.10. The number of non-ortho nitro benzene ring substituents is 1. The number of H-pyrrole nitrogens is 1. The minimum Gasteiger partial charge on any atom is -0.341 e. The molecule has 0 radical (unpaired) electrons. The Labute approximate surface area is 117 Å². The van der Waals surface area contributed by atoms with E-state index in [-0.39, 0.29) is 11.2 Å². The van der Waals surface area contributed by atoms with Gasteiger partial charge in [0.25, 0.3) is 5.69 Å². The summed E-state index contributed by atoms with van der Waals surface area (Å²) in [6.45, 7) is 6.92. The zero-order chi connectivity index (χ0) is 14.8. The van der Waals surface area contributed by atoms with Crippen LogP contribution in [0.15, 0.2) is 30.5 Å². The van der Waals surface area contributed by atoms with Gasteiger partial charge in [0.2, 0.25) is 0 Å². The van der Waals surface area contributed by atoms with Crippen LogP contribution >= 0.6 is 0 Å². The van der Waals surface area contributed by atoms with E-state index in [1.807, 2.05) is 0 Å². The van der Waals surface area contributed by atoms with Crippen molar-refractivity contribution in [2.75, 3.05) is 0 Å². The fraction of sp³-hybridized carbons (Fsp3) is 0.357. The highest BCUT2D eigenvalue weighted by Gasteiger charge is 2.11. The van der Waals surface area contributed by atoms with Crippen molar-refractivity contribution >= 4 is 5.69 Å². The lowest BCUT2D eigenvalue weighted by molar-refractivity contribution is -0.384. The molecular formula is C14H18N4O2. The first-order valence-corrected chi connectivity index (χ1v) is 6.39. The summed E-state index contributed by atoms with van der Waals surface area (Å²) in [7, 11) is 0. The molecule has 0 saturated carbocycles. The van der Waals surface area contributed by atoms with Crippen molar-refractivity contribution in [1.29, 1.82) is 0 Å². The Hall–Kier alpha value is -2.21. The number of rotatable bonds is 4. The first-order chi connectivity index (χ1) is 9.35. The molecule has 106 valence electrons. The first kappa shape index (κ1) is 14.2. The first-order valence-electron chi connectivity index (χ1n) is 6.39. The largest absolute Gasteiger partial charge is 0.341 e. The molecule has 0 unspecified atom stereocenters. The van der Waals surface area contributed by atoms with Gasteiger partial charge in [0.05, 0.1) is 23.4 Å². The fourth-order valence-corrected chi connectivity index (χ4v) is 1.71. The molecule has 1 aromatic carbocycles. The summed E-state index contributed by atoms with van der Waals surface area (Å²) in [4.78, 5) is 17.7.